The molecule has 0 unspecified atom stereocenters. The lowest BCUT2D eigenvalue weighted by Crippen LogP contribution is -2.36. The van der Waals surface area contributed by atoms with Crippen molar-refractivity contribution < 1.29 is 32.7 Å². The van der Waals surface area contributed by atoms with Gasteiger partial charge in [0.05, 0.1) is 24.3 Å². The first-order chi connectivity index (χ1) is 20.2. The molecule has 2 fully saturated rings. The Labute approximate surface area is 241 Å². The lowest BCUT2D eigenvalue weighted by Gasteiger charge is -2.23. The molecule has 3 N–H and O–H groups in total. The number of amides is 1. The molecule has 2 aliphatic rings. The standard InChI is InChI=1S/C30H31F2N5O5/c1-4-26(38)42-37-13-21(40-3)12-20(37)14-41-28-27(34-15-35-29(28)33)23-10-19(31)11-25(16(23)2)36-30(39)22-8-7-18(9-24(22)32)17-5-6-17/h4,7-11,15,17,20-21H,1,5-6,12-14H2,2-3H3,(H,36,39)(H2,33,34,35)/t20-,21+/m0/s1. The summed E-state index contributed by atoms with van der Waals surface area (Å²) in [5, 5.41) is 4.08. The van der Waals surface area contributed by atoms with Crippen LogP contribution in [0.3, 0.4) is 0 Å². The van der Waals surface area contributed by atoms with E-state index in [1.807, 2.05) is 0 Å². The third-order valence-corrected chi connectivity index (χ3v) is 7.45. The van der Waals surface area contributed by atoms with Crippen LogP contribution < -0.4 is 15.8 Å². The van der Waals surface area contributed by atoms with Crippen molar-refractivity contribution in [2.45, 2.75) is 44.2 Å². The molecule has 1 amide bonds. The highest BCUT2D eigenvalue weighted by Crippen LogP contribution is 2.41. The van der Waals surface area contributed by atoms with Crippen molar-refractivity contribution in [3.63, 3.8) is 0 Å². The first-order valence-corrected chi connectivity index (χ1v) is 13.5. The van der Waals surface area contributed by atoms with Crippen LogP contribution in [-0.2, 0) is 14.4 Å². The van der Waals surface area contributed by atoms with E-state index >= 15 is 0 Å². The van der Waals surface area contributed by atoms with E-state index in [1.54, 1.807) is 20.1 Å². The number of nitrogens with zero attached hydrogens (tertiary/aromatic N) is 3. The SMILES string of the molecule is C=CC(=O)ON1C[C@H](OC)C[C@H]1COc1c(N)ncnc1-c1cc(F)cc(NC(=O)c2ccc(C3CC3)cc2F)c1C. The Balaban J connectivity index is 1.40. The van der Waals surface area contributed by atoms with Crippen LogP contribution in [-0.4, -0.2) is 59.3 Å². The van der Waals surface area contributed by atoms with Gasteiger partial charge in [-0.05, 0) is 67.5 Å². The Hall–Kier alpha value is -4.42. The number of aromatic nitrogens is 2. The lowest BCUT2D eigenvalue weighted by atomic mass is 10.0. The number of carbonyl (C=O) groups excluding carboxylic acids is 2. The average Bonchev–Trinajstić information content (AvgIpc) is 3.75. The minimum absolute atomic E-state index is 0.00277. The van der Waals surface area contributed by atoms with Gasteiger partial charge in [-0.2, -0.15) is 0 Å². The highest BCUT2D eigenvalue weighted by atomic mass is 19.1. The summed E-state index contributed by atoms with van der Waals surface area (Å²) >= 11 is 0. The Kier molecular flexibility index (Phi) is 8.46. The van der Waals surface area contributed by atoms with Crippen molar-refractivity contribution in [1.82, 2.24) is 15.0 Å². The van der Waals surface area contributed by atoms with Crippen molar-refractivity contribution in [1.29, 1.82) is 0 Å². The van der Waals surface area contributed by atoms with Crippen molar-refractivity contribution in [3.05, 3.63) is 77.6 Å². The predicted octanol–water partition coefficient (Wildman–Crippen LogP) is 4.55. The third-order valence-electron chi connectivity index (χ3n) is 7.45. The number of nitrogen functional groups attached to an aromatic ring is 1. The molecule has 1 aliphatic heterocycles. The molecule has 0 bridgehead atoms. The van der Waals surface area contributed by atoms with Gasteiger partial charge in [0, 0.05) is 24.4 Å². The fraction of sp³-hybridized carbons (Fsp3) is 0.333. The molecule has 1 saturated heterocycles. The van der Waals surface area contributed by atoms with Crippen LogP contribution in [0.2, 0.25) is 0 Å². The second kappa shape index (κ2) is 12.2. The minimum Gasteiger partial charge on any atom is -0.486 e. The summed E-state index contributed by atoms with van der Waals surface area (Å²) in [5.41, 5.74) is 7.92. The minimum atomic E-state index is -0.712. The number of halogens is 2. The zero-order valence-electron chi connectivity index (χ0n) is 23.2. The number of methoxy groups -OCH3 is 1. The summed E-state index contributed by atoms with van der Waals surface area (Å²) in [7, 11) is 1.56. The molecule has 0 radical (unpaired) electrons. The molecule has 2 heterocycles. The van der Waals surface area contributed by atoms with Crippen molar-refractivity contribution in [3.8, 4) is 17.0 Å². The van der Waals surface area contributed by atoms with E-state index in [2.05, 4.69) is 21.9 Å². The summed E-state index contributed by atoms with van der Waals surface area (Å²) in [6.45, 7) is 5.42. The van der Waals surface area contributed by atoms with Crippen LogP contribution in [0.15, 0.2) is 49.3 Å². The van der Waals surface area contributed by atoms with Gasteiger partial charge in [0.1, 0.15) is 30.3 Å². The van der Waals surface area contributed by atoms with Gasteiger partial charge in [-0.25, -0.2) is 23.5 Å². The lowest BCUT2D eigenvalue weighted by molar-refractivity contribution is -0.191. The molecule has 12 heteroatoms. The van der Waals surface area contributed by atoms with Crippen molar-refractivity contribution >= 4 is 23.4 Å². The van der Waals surface area contributed by atoms with Gasteiger partial charge in [-0.15, -0.1) is 5.06 Å². The molecule has 10 nitrogen and oxygen atoms in total. The number of anilines is 2. The van der Waals surface area contributed by atoms with Crippen LogP contribution in [0.25, 0.3) is 11.3 Å². The van der Waals surface area contributed by atoms with Crippen LogP contribution in [0.4, 0.5) is 20.3 Å². The van der Waals surface area contributed by atoms with E-state index in [0.29, 0.717) is 24.4 Å². The number of rotatable bonds is 10. The number of hydrogen-bond acceptors (Lipinski definition) is 9. The summed E-state index contributed by atoms with van der Waals surface area (Å²) in [5.74, 6) is -2.22. The van der Waals surface area contributed by atoms with Gasteiger partial charge >= 0.3 is 5.97 Å². The monoisotopic (exact) mass is 579 g/mol. The molecule has 1 saturated carbocycles. The van der Waals surface area contributed by atoms with E-state index in [4.69, 9.17) is 20.0 Å². The maximum absolute atomic E-state index is 14.9. The van der Waals surface area contributed by atoms with Crippen molar-refractivity contribution in [2.24, 2.45) is 0 Å². The quantitative estimate of drug-likeness (QED) is 0.332. The predicted molar refractivity (Wildman–Crippen MR) is 151 cm³/mol. The average molecular weight is 580 g/mol. The number of hydroxylamine groups is 2. The number of ether oxygens (including phenoxy) is 2. The van der Waals surface area contributed by atoms with Gasteiger partial charge < -0.3 is 25.4 Å². The summed E-state index contributed by atoms with van der Waals surface area (Å²) in [4.78, 5) is 38.5. The largest absolute Gasteiger partial charge is 0.486 e. The molecule has 0 spiro atoms. The number of nitrogens with two attached hydrogens (primary N) is 1. The first kappa shape index (κ1) is 29.1. The molecular formula is C30H31F2N5O5. The zero-order valence-corrected chi connectivity index (χ0v) is 23.2. The molecule has 42 heavy (non-hydrogen) atoms. The van der Waals surface area contributed by atoms with Crippen LogP contribution >= 0.6 is 0 Å². The molecule has 1 aromatic heterocycles. The Bertz CT molecular complexity index is 1530. The highest BCUT2D eigenvalue weighted by molar-refractivity contribution is 6.05. The maximum Gasteiger partial charge on any atom is 0.349 e. The topological polar surface area (TPSA) is 129 Å². The fourth-order valence-corrected chi connectivity index (χ4v) is 4.96. The second-order valence-corrected chi connectivity index (χ2v) is 10.3. The third kappa shape index (κ3) is 6.24. The van der Waals surface area contributed by atoms with Gasteiger partial charge in [-0.1, -0.05) is 12.6 Å². The molecule has 5 rings (SSSR count). The molecule has 3 aromatic rings. The summed E-state index contributed by atoms with van der Waals surface area (Å²) < 4.78 is 41.2. The molecule has 1 aliphatic carbocycles. The Morgan fingerprint density at radius 1 is 1.21 bits per heavy atom. The highest BCUT2D eigenvalue weighted by Gasteiger charge is 2.36. The normalized spacial score (nSPS) is 18.5. The summed E-state index contributed by atoms with van der Waals surface area (Å²) in [6, 6.07) is 6.55. The Morgan fingerprint density at radius 3 is 2.69 bits per heavy atom. The number of benzene rings is 2. The summed E-state index contributed by atoms with van der Waals surface area (Å²) in [6.07, 6.45) is 4.57. The Morgan fingerprint density at radius 2 is 2.00 bits per heavy atom. The smallest absolute Gasteiger partial charge is 0.349 e. The second-order valence-electron chi connectivity index (χ2n) is 10.3. The molecule has 220 valence electrons. The van der Waals surface area contributed by atoms with E-state index in [-0.39, 0.29) is 46.8 Å². The fourth-order valence-electron chi connectivity index (χ4n) is 4.96. The van der Waals surface area contributed by atoms with Crippen LogP contribution in [0.5, 0.6) is 5.75 Å². The number of carbonyl (C=O) groups is 2. The van der Waals surface area contributed by atoms with E-state index in [9.17, 15) is 18.4 Å². The zero-order chi connectivity index (χ0) is 30.0. The maximum atomic E-state index is 14.9. The van der Waals surface area contributed by atoms with E-state index in [0.717, 1.165) is 30.5 Å². The van der Waals surface area contributed by atoms with Gasteiger partial charge in [0.25, 0.3) is 5.91 Å². The number of nitrogens with one attached hydrogen (secondary N) is 1. The van der Waals surface area contributed by atoms with Crippen LogP contribution in [0, 0.1) is 18.6 Å². The molecular weight excluding hydrogens is 548 g/mol. The molecule has 2 aromatic carbocycles. The van der Waals surface area contributed by atoms with Gasteiger partial charge in [-0.3, -0.25) is 4.79 Å². The van der Waals surface area contributed by atoms with Gasteiger partial charge in [0.15, 0.2) is 11.6 Å². The molecule has 2 atom stereocenters. The van der Waals surface area contributed by atoms with E-state index < -0.39 is 29.6 Å². The first-order valence-electron chi connectivity index (χ1n) is 13.5. The van der Waals surface area contributed by atoms with E-state index in [1.165, 1.54) is 29.6 Å². The van der Waals surface area contributed by atoms with Gasteiger partial charge in [0.2, 0.25) is 0 Å². The van der Waals surface area contributed by atoms with Crippen LogP contribution in [0.1, 0.15) is 46.7 Å². The van der Waals surface area contributed by atoms with Crippen molar-refractivity contribution in [2.75, 3.05) is 31.3 Å². The number of hydrogen-bond donors (Lipinski definition) is 2.